The average molecular weight is 308 g/mol. The molecule has 0 unspecified atom stereocenters. The topological polar surface area (TPSA) is 46.2 Å². The number of rotatable bonds is 3. The van der Waals surface area contributed by atoms with Crippen molar-refractivity contribution in [3.63, 3.8) is 0 Å². The summed E-state index contributed by atoms with van der Waals surface area (Å²) in [7, 11) is -3.41. The van der Waals surface area contributed by atoms with Crippen LogP contribution in [-0.2, 0) is 10.0 Å². The normalized spacial score (nSPS) is 10.9. The van der Waals surface area contributed by atoms with Crippen molar-refractivity contribution < 1.29 is 8.42 Å². The molecule has 0 amide bonds. The Bertz CT molecular complexity index is 508. The predicted molar refractivity (Wildman–Crippen MR) is 65.4 cm³/mol. The van der Waals surface area contributed by atoms with Gasteiger partial charge in [-0.1, -0.05) is 5.92 Å². The molecule has 0 atom stereocenters. The van der Waals surface area contributed by atoms with E-state index in [1.165, 1.54) is 11.3 Å². The van der Waals surface area contributed by atoms with Crippen molar-refractivity contribution in [2.45, 2.75) is 18.7 Å². The Morgan fingerprint density at radius 3 is 2.73 bits per heavy atom. The Morgan fingerprint density at radius 2 is 2.27 bits per heavy atom. The number of hydrogen-bond donors (Lipinski definition) is 1. The zero-order chi connectivity index (χ0) is 11.5. The third-order valence-corrected chi connectivity index (χ3v) is 4.87. The van der Waals surface area contributed by atoms with E-state index in [9.17, 15) is 8.42 Å². The molecule has 0 bridgehead atoms. The van der Waals surface area contributed by atoms with Gasteiger partial charge in [-0.3, -0.25) is 0 Å². The molecular weight excluding hydrogens is 298 g/mol. The summed E-state index contributed by atoms with van der Waals surface area (Å²) in [6.45, 7) is 3.59. The molecule has 0 aliphatic rings. The van der Waals surface area contributed by atoms with Crippen LogP contribution in [0.25, 0.3) is 0 Å². The minimum Gasteiger partial charge on any atom is -0.207 e. The summed E-state index contributed by atoms with van der Waals surface area (Å²) in [4.78, 5) is 1.08. The Labute approximate surface area is 102 Å². The van der Waals surface area contributed by atoms with Crippen LogP contribution in [0.15, 0.2) is 14.7 Å². The van der Waals surface area contributed by atoms with Gasteiger partial charge in [0.15, 0.2) is 0 Å². The second-order valence-corrected chi connectivity index (χ2v) is 7.09. The molecule has 0 aliphatic heterocycles. The Morgan fingerprint density at radius 1 is 1.60 bits per heavy atom. The van der Waals surface area contributed by atoms with E-state index >= 15 is 0 Å². The van der Waals surface area contributed by atoms with E-state index in [0.29, 0.717) is 4.90 Å². The van der Waals surface area contributed by atoms with Crippen molar-refractivity contribution in [2.75, 3.05) is 6.54 Å². The highest BCUT2D eigenvalue weighted by molar-refractivity contribution is 9.11. The second-order valence-electron chi connectivity index (χ2n) is 2.72. The van der Waals surface area contributed by atoms with E-state index in [1.54, 1.807) is 19.9 Å². The minimum atomic E-state index is -3.41. The smallest absolute Gasteiger partial charge is 0.207 e. The van der Waals surface area contributed by atoms with Crippen molar-refractivity contribution in [2.24, 2.45) is 0 Å². The fourth-order valence-corrected chi connectivity index (χ4v) is 4.33. The molecule has 0 fully saturated rings. The summed E-state index contributed by atoms with van der Waals surface area (Å²) in [6, 6.07) is 1.60. The standard InChI is InChI=1S/C9H10BrNO2S2/c1-3-4-5-11-15(12,13)8-6-9(10)14-7(8)2/h6,11H,5H2,1-2H3. The molecule has 0 spiro atoms. The predicted octanol–water partition coefficient (Wildman–Crippen LogP) is 2.12. The fraction of sp³-hybridized carbons (Fsp3) is 0.333. The van der Waals surface area contributed by atoms with Crippen LogP contribution in [0.5, 0.6) is 0 Å². The highest BCUT2D eigenvalue weighted by Crippen LogP contribution is 2.29. The summed E-state index contributed by atoms with van der Waals surface area (Å²) >= 11 is 4.65. The molecular formula is C9H10BrNO2S2. The number of halogens is 1. The third kappa shape index (κ3) is 3.31. The average Bonchev–Trinajstić information content (AvgIpc) is 2.46. The van der Waals surface area contributed by atoms with E-state index in [4.69, 9.17) is 0 Å². The highest BCUT2D eigenvalue weighted by Gasteiger charge is 2.18. The number of hydrogen-bond acceptors (Lipinski definition) is 3. The molecule has 0 saturated carbocycles. The number of thiophene rings is 1. The first-order chi connectivity index (χ1) is 6.97. The number of sulfonamides is 1. The molecule has 82 valence electrons. The van der Waals surface area contributed by atoms with Crippen molar-refractivity contribution in [3.8, 4) is 11.8 Å². The van der Waals surface area contributed by atoms with Gasteiger partial charge in [0.1, 0.15) is 0 Å². The van der Waals surface area contributed by atoms with Crippen LogP contribution in [0.4, 0.5) is 0 Å². The molecule has 0 aromatic carbocycles. The lowest BCUT2D eigenvalue weighted by Crippen LogP contribution is -2.24. The molecule has 0 radical (unpaired) electrons. The minimum absolute atomic E-state index is 0.145. The molecule has 1 aromatic heterocycles. The lowest BCUT2D eigenvalue weighted by molar-refractivity contribution is 0.586. The Balaban J connectivity index is 2.94. The van der Waals surface area contributed by atoms with Gasteiger partial charge in [-0.2, -0.15) is 4.72 Å². The van der Waals surface area contributed by atoms with Crippen LogP contribution in [0.2, 0.25) is 0 Å². The molecule has 15 heavy (non-hydrogen) atoms. The van der Waals surface area contributed by atoms with Gasteiger partial charge in [0, 0.05) is 4.88 Å². The van der Waals surface area contributed by atoms with Crippen LogP contribution < -0.4 is 4.72 Å². The van der Waals surface area contributed by atoms with Gasteiger partial charge >= 0.3 is 0 Å². The molecule has 0 aliphatic carbocycles. The number of aryl methyl sites for hydroxylation is 1. The Kier molecular flexibility index (Phi) is 4.34. The molecule has 3 nitrogen and oxygen atoms in total. The summed E-state index contributed by atoms with van der Waals surface area (Å²) < 4.78 is 26.7. The summed E-state index contributed by atoms with van der Waals surface area (Å²) in [5, 5.41) is 0. The quantitative estimate of drug-likeness (QED) is 0.870. The molecule has 0 saturated heterocycles. The van der Waals surface area contributed by atoms with Gasteiger partial charge in [0.05, 0.1) is 15.2 Å². The zero-order valence-electron chi connectivity index (χ0n) is 8.30. The van der Waals surface area contributed by atoms with Crippen LogP contribution in [0, 0.1) is 18.8 Å². The highest BCUT2D eigenvalue weighted by atomic mass is 79.9. The van der Waals surface area contributed by atoms with Crippen LogP contribution in [0.3, 0.4) is 0 Å². The van der Waals surface area contributed by atoms with Gasteiger partial charge < -0.3 is 0 Å². The molecule has 1 N–H and O–H groups in total. The first kappa shape index (κ1) is 12.7. The lowest BCUT2D eigenvalue weighted by atomic mass is 10.5. The molecule has 1 heterocycles. The van der Waals surface area contributed by atoms with Crippen LogP contribution in [-0.4, -0.2) is 15.0 Å². The SMILES string of the molecule is CC#CCNS(=O)(=O)c1cc(Br)sc1C. The second kappa shape index (κ2) is 5.12. The van der Waals surface area contributed by atoms with Gasteiger partial charge in [-0.25, -0.2) is 8.42 Å². The fourth-order valence-electron chi connectivity index (χ4n) is 0.995. The summed E-state index contributed by atoms with van der Waals surface area (Å²) in [5.41, 5.74) is 0. The van der Waals surface area contributed by atoms with Crippen molar-refractivity contribution >= 4 is 37.3 Å². The van der Waals surface area contributed by atoms with Crippen molar-refractivity contribution in [3.05, 3.63) is 14.7 Å². The van der Waals surface area contributed by atoms with E-state index in [0.717, 1.165) is 8.66 Å². The zero-order valence-corrected chi connectivity index (χ0v) is 11.5. The van der Waals surface area contributed by atoms with Gasteiger partial charge in [-0.05, 0) is 35.8 Å². The molecule has 6 heteroatoms. The van der Waals surface area contributed by atoms with Gasteiger partial charge in [-0.15, -0.1) is 17.3 Å². The van der Waals surface area contributed by atoms with E-state index < -0.39 is 10.0 Å². The van der Waals surface area contributed by atoms with E-state index in [-0.39, 0.29) is 6.54 Å². The Hall–Kier alpha value is -0.350. The maximum Gasteiger partial charge on any atom is 0.242 e. The molecule has 1 rings (SSSR count). The summed E-state index contributed by atoms with van der Waals surface area (Å²) in [6.07, 6.45) is 0. The third-order valence-electron chi connectivity index (χ3n) is 1.66. The van der Waals surface area contributed by atoms with Gasteiger partial charge in [0.25, 0.3) is 0 Å². The maximum absolute atomic E-state index is 11.7. The molecule has 1 aromatic rings. The van der Waals surface area contributed by atoms with Gasteiger partial charge in [0.2, 0.25) is 10.0 Å². The first-order valence-corrected chi connectivity index (χ1v) is 7.22. The van der Waals surface area contributed by atoms with Crippen LogP contribution >= 0.6 is 27.3 Å². The van der Waals surface area contributed by atoms with Crippen LogP contribution in [0.1, 0.15) is 11.8 Å². The largest absolute Gasteiger partial charge is 0.242 e. The monoisotopic (exact) mass is 307 g/mol. The van der Waals surface area contributed by atoms with Crippen molar-refractivity contribution in [1.82, 2.24) is 4.72 Å². The van der Waals surface area contributed by atoms with E-state index in [2.05, 4.69) is 32.5 Å². The lowest BCUT2D eigenvalue weighted by Gasteiger charge is -2.01. The maximum atomic E-state index is 11.7. The first-order valence-electron chi connectivity index (χ1n) is 4.12. The van der Waals surface area contributed by atoms with E-state index in [1.807, 2.05) is 0 Å². The number of nitrogens with one attached hydrogen (secondary N) is 1. The van der Waals surface area contributed by atoms with Crippen molar-refractivity contribution in [1.29, 1.82) is 0 Å². The summed E-state index contributed by atoms with van der Waals surface area (Å²) in [5.74, 6) is 5.28.